The maximum absolute atomic E-state index is 12.8. The molecule has 2 N–H and O–H groups in total. The number of piperazine rings is 1. The SMILES string of the molecule is Cc1cccc(C(=O)N2CCN(C[C@@H](N)CS)[C@@H](C)C2)c1C.Cl.Cl. The molecule has 24 heavy (non-hydrogen) atoms. The van der Waals surface area contributed by atoms with Crippen LogP contribution in [0, 0.1) is 13.8 Å². The Morgan fingerprint density at radius 2 is 2.00 bits per heavy atom. The van der Waals surface area contributed by atoms with E-state index in [0.29, 0.717) is 11.8 Å². The lowest BCUT2D eigenvalue weighted by Gasteiger charge is -2.41. The molecule has 1 aromatic carbocycles. The van der Waals surface area contributed by atoms with E-state index in [4.69, 9.17) is 5.73 Å². The molecular formula is C17H29Cl2N3OS. The van der Waals surface area contributed by atoms with Crippen molar-refractivity contribution in [2.45, 2.75) is 32.9 Å². The fourth-order valence-corrected chi connectivity index (χ4v) is 3.08. The van der Waals surface area contributed by atoms with Gasteiger partial charge in [0.15, 0.2) is 0 Å². The van der Waals surface area contributed by atoms with E-state index in [2.05, 4.69) is 24.5 Å². The third kappa shape index (κ3) is 5.53. The van der Waals surface area contributed by atoms with Crippen molar-refractivity contribution < 1.29 is 4.79 Å². The Bertz CT molecular complexity index is 545. The maximum Gasteiger partial charge on any atom is 0.254 e. The molecule has 1 aliphatic rings. The summed E-state index contributed by atoms with van der Waals surface area (Å²) in [5.74, 6) is 0.833. The molecule has 1 amide bonds. The lowest BCUT2D eigenvalue weighted by Crippen LogP contribution is -2.56. The van der Waals surface area contributed by atoms with Gasteiger partial charge in [0.05, 0.1) is 0 Å². The molecule has 0 saturated carbocycles. The Morgan fingerprint density at radius 1 is 1.33 bits per heavy atom. The summed E-state index contributed by atoms with van der Waals surface area (Å²) in [4.78, 5) is 17.1. The predicted molar refractivity (Wildman–Crippen MR) is 109 cm³/mol. The summed E-state index contributed by atoms with van der Waals surface area (Å²) in [6.45, 7) is 9.46. The summed E-state index contributed by atoms with van der Waals surface area (Å²) in [5, 5.41) is 0. The van der Waals surface area contributed by atoms with Crippen LogP contribution < -0.4 is 5.73 Å². The summed E-state index contributed by atoms with van der Waals surface area (Å²) in [6, 6.07) is 6.35. The Balaban J connectivity index is 0.00000264. The second-order valence-corrected chi connectivity index (χ2v) is 6.65. The first-order valence-electron chi connectivity index (χ1n) is 7.90. The molecule has 0 radical (unpaired) electrons. The highest BCUT2D eigenvalue weighted by molar-refractivity contribution is 7.80. The molecule has 1 saturated heterocycles. The minimum atomic E-state index is 0. The number of amides is 1. The lowest BCUT2D eigenvalue weighted by atomic mass is 10.0. The van der Waals surface area contributed by atoms with E-state index in [1.54, 1.807) is 0 Å². The molecule has 0 bridgehead atoms. The standard InChI is InChI=1S/C17H27N3OS.2ClH/c1-12-5-4-6-16(14(12)3)17(21)20-8-7-19(13(2)9-20)10-15(18)11-22;;/h4-6,13,15,22H,7-11,18H2,1-3H3;2*1H/t13-,15+;;/m0../s1. The molecule has 7 heteroatoms. The van der Waals surface area contributed by atoms with Gasteiger partial charge >= 0.3 is 0 Å². The van der Waals surface area contributed by atoms with Crippen molar-refractivity contribution in [3.05, 3.63) is 34.9 Å². The summed E-state index contributed by atoms with van der Waals surface area (Å²) in [6.07, 6.45) is 0. The highest BCUT2D eigenvalue weighted by Gasteiger charge is 2.28. The van der Waals surface area contributed by atoms with Gasteiger partial charge in [-0.3, -0.25) is 9.69 Å². The van der Waals surface area contributed by atoms with Crippen LogP contribution in [0.3, 0.4) is 0 Å². The van der Waals surface area contributed by atoms with Crippen LogP contribution >= 0.6 is 37.4 Å². The fraction of sp³-hybridized carbons (Fsp3) is 0.588. The number of benzene rings is 1. The van der Waals surface area contributed by atoms with Gasteiger partial charge in [-0.05, 0) is 38.0 Å². The third-order valence-corrected chi connectivity index (χ3v) is 5.06. The lowest BCUT2D eigenvalue weighted by molar-refractivity contribution is 0.0505. The fourth-order valence-electron chi connectivity index (χ4n) is 2.96. The van der Waals surface area contributed by atoms with Gasteiger partial charge in [-0.2, -0.15) is 12.6 Å². The third-order valence-electron chi connectivity index (χ3n) is 4.59. The largest absolute Gasteiger partial charge is 0.336 e. The molecule has 0 spiro atoms. The second kappa shape index (κ2) is 10.5. The molecule has 138 valence electrons. The van der Waals surface area contributed by atoms with Crippen molar-refractivity contribution in [1.29, 1.82) is 0 Å². The van der Waals surface area contributed by atoms with Gasteiger partial charge in [0, 0.05) is 49.6 Å². The average molecular weight is 394 g/mol. The van der Waals surface area contributed by atoms with E-state index in [1.807, 2.05) is 36.9 Å². The van der Waals surface area contributed by atoms with E-state index in [0.717, 1.165) is 42.9 Å². The van der Waals surface area contributed by atoms with Crippen LogP contribution in [0.5, 0.6) is 0 Å². The van der Waals surface area contributed by atoms with Gasteiger partial charge in [-0.1, -0.05) is 12.1 Å². The highest BCUT2D eigenvalue weighted by atomic mass is 35.5. The number of nitrogens with two attached hydrogens (primary N) is 1. The Kier molecular flexibility index (Phi) is 10.3. The molecule has 1 aromatic rings. The van der Waals surface area contributed by atoms with Crippen molar-refractivity contribution in [2.24, 2.45) is 5.73 Å². The summed E-state index contributed by atoms with van der Waals surface area (Å²) < 4.78 is 0. The molecule has 0 aliphatic carbocycles. The number of carbonyl (C=O) groups excluding carboxylic acids is 1. The quantitative estimate of drug-likeness (QED) is 0.772. The number of carbonyl (C=O) groups is 1. The van der Waals surface area contributed by atoms with E-state index in [-0.39, 0.29) is 36.8 Å². The van der Waals surface area contributed by atoms with E-state index >= 15 is 0 Å². The molecule has 1 aliphatic heterocycles. The van der Waals surface area contributed by atoms with Crippen LogP contribution in [0.2, 0.25) is 0 Å². The van der Waals surface area contributed by atoms with Crippen molar-refractivity contribution >= 4 is 43.4 Å². The first-order chi connectivity index (χ1) is 10.4. The van der Waals surface area contributed by atoms with Crippen molar-refractivity contribution in [3.63, 3.8) is 0 Å². The van der Waals surface area contributed by atoms with Crippen LogP contribution in [-0.2, 0) is 0 Å². The number of rotatable bonds is 4. The van der Waals surface area contributed by atoms with Gasteiger partial charge in [0.2, 0.25) is 0 Å². The van der Waals surface area contributed by atoms with Crippen LogP contribution in [0.25, 0.3) is 0 Å². The molecule has 0 aromatic heterocycles. The van der Waals surface area contributed by atoms with Gasteiger partial charge in [0.1, 0.15) is 0 Å². The first kappa shape index (κ1) is 23.5. The zero-order valence-electron chi connectivity index (χ0n) is 14.6. The molecule has 0 unspecified atom stereocenters. The molecule has 2 atom stereocenters. The van der Waals surface area contributed by atoms with Crippen LogP contribution in [-0.4, -0.2) is 59.7 Å². The van der Waals surface area contributed by atoms with Crippen LogP contribution in [0.4, 0.5) is 0 Å². The minimum absolute atomic E-state index is 0. The number of hydrogen-bond donors (Lipinski definition) is 2. The van der Waals surface area contributed by atoms with Gasteiger partial charge in [0.25, 0.3) is 5.91 Å². The summed E-state index contributed by atoms with van der Waals surface area (Å²) in [5.41, 5.74) is 9.06. The van der Waals surface area contributed by atoms with Crippen LogP contribution in [0.1, 0.15) is 28.4 Å². The number of halogens is 2. The minimum Gasteiger partial charge on any atom is -0.336 e. The van der Waals surface area contributed by atoms with E-state index < -0.39 is 0 Å². The summed E-state index contributed by atoms with van der Waals surface area (Å²) in [7, 11) is 0. The molecular weight excluding hydrogens is 365 g/mol. The van der Waals surface area contributed by atoms with E-state index in [9.17, 15) is 4.79 Å². The normalized spacial score (nSPS) is 19.2. The Hall–Kier alpha value is -0.460. The van der Waals surface area contributed by atoms with Crippen molar-refractivity contribution in [1.82, 2.24) is 9.80 Å². The molecule has 2 rings (SSSR count). The van der Waals surface area contributed by atoms with E-state index in [1.165, 1.54) is 0 Å². The zero-order chi connectivity index (χ0) is 16.3. The Labute approximate surface area is 163 Å². The molecule has 1 heterocycles. The highest BCUT2D eigenvalue weighted by Crippen LogP contribution is 2.18. The Morgan fingerprint density at radius 3 is 2.58 bits per heavy atom. The summed E-state index contributed by atoms with van der Waals surface area (Å²) >= 11 is 4.25. The molecule has 1 fully saturated rings. The average Bonchev–Trinajstić information content (AvgIpc) is 2.51. The monoisotopic (exact) mass is 393 g/mol. The van der Waals surface area contributed by atoms with Gasteiger partial charge in [-0.15, -0.1) is 24.8 Å². The van der Waals surface area contributed by atoms with Crippen molar-refractivity contribution in [3.8, 4) is 0 Å². The topological polar surface area (TPSA) is 49.6 Å². The number of hydrogen-bond acceptors (Lipinski definition) is 4. The number of thiol groups is 1. The first-order valence-corrected chi connectivity index (χ1v) is 8.53. The zero-order valence-corrected chi connectivity index (χ0v) is 17.1. The smallest absolute Gasteiger partial charge is 0.254 e. The predicted octanol–water partition coefficient (Wildman–Crippen LogP) is 2.55. The second-order valence-electron chi connectivity index (χ2n) is 6.29. The van der Waals surface area contributed by atoms with Crippen molar-refractivity contribution in [2.75, 3.05) is 31.9 Å². The maximum atomic E-state index is 12.8. The number of aryl methyl sites for hydroxylation is 1. The van der Waals surface area contributed by atoms with Gasteiger partial charge in [-0.25, -0.2) is 0 Å². The van der Waals surface area contributed by atoms with Gasteiger partial charge < -0.3 is 10.6 Å². The van der Waals surface area contributed by atoms with Crippen LogP contribution in [0.15, 0.2) is 18.2 Å². The number of nitrogens with zero attached hydrogens (tertiary/aromatic N) is 2. The molecule has 4 nitrogen and oxygen atoms in total.